The van der Waals surface area contributed by atoms with E-state index in [1.165, 1.54) is 31.2 Å². The summed E-state index contributed by atoms with van der Waals surface area (Å²) in [6.45, 7) is 7.08. The Bertz CT molecular complexity index is 457. The molecule has 0 saturated heterocycles. The minimum atomic E-state index is 0.454. The van der Waals surface area contributed by atoms with Crippen molar-refractivity contribution < 1.29 is 0 Å². The average molecular weight is 256 g/mol. The molecule has 2 rings (SSSR count). The summed E-state index contributed by atoms with van der Waals surface area (Å²) >= 11 is 0. The Hall–Kier alpha value is -1.36. The molecule has 1 heterocycles. The maximum atomic E-state index is 8.88. The third-order valence-corrected chi connectivity index (χ3v) is 4.53. The molecule has 1 aliphatic rings. The lowest BCUT2D eigenvalue weighted by Crippen LogP contribution is -2.26. The summed E-state index contributed by atoms with van der Waals surface area (Å²) in [7, 11) is 0. The Morgan fingerprint density at radius 1 is 1.26 bits per heavy atom. The lowest BCUT2D eigenvalue weighted by atomic mass is 9.69. The van der Waals surface area contributed by atoms with Crippen LogP contribution in [0.4, 0.5) is 0 Å². The van der Waals surface area contributed by atoms with E-state index in [0.717, 1.165) is 18.3 Å². The molecule has 0 atom stereocenters. The fraction of sp³-hybridized carbons (Fsp3) is 0.647. The van der Waals surface area contributed by atoms with Gasteiger partial charge in [-0.2, -0.15) is 5.26 Å². The normalized spacial score (nSPS) is 23.9. The maximum absolute atomic E-state index is 8.88. The quantitative estimate of drug-likeness (QED) is 0.788. The van der Waals surface area contributed by atoms with Gasteiger partial charge in [0.05, 0.1) is 0 Å². The van der Waals surface area contributed by atoms with E-state index < -0.39 is 0 Å². The first-order valence-corrected chi connectivity index (χ1v) is 7.34. The van der Waals surface area contributed by atoms with Crippen LogP contribution in [-0.4, -0.2) is 4.98 Å². The van der Waals surface area contributed by atoms with Gasteiger partial charge >= 0.3 is 0 Å². The van der Waals surface area contributed by atoms with Crippen LogP contribution in [0.5, 0.6) is 0 Å². The van der Waals surface area contributed by atoms with E-state index in [9.17, 15) is 0 Å². The van der Waals surface area contributed by atoms with Gasteiger partial charge in [0.25, 0.3) is 0 Å². The SMILES string of the molecule is CC(C)(C)C1CCC(Cc2ccnc(C#N)c2)CC1. The molecule has 0 unspecified atom stereocenters. The molecule has 0 aromatic carbocycles. The largest absolute Gasteiger partial charge is 0.246 e. The third-order valence-electron chi connectivity index (χ3n) is 4.53. The number of hydrogen-bond donors (Lipinski definition) is 0. The topological polar surface area (TPSA) is 36.7 Å². The minimum absolute atomic E-state index is 0.454. The van der Waals surface area contributed by atoms with E-state index in [0.29, 0.717) is 11.1 Å². The summed E-state index contributed by atoms with van der Waals surface area (Å²) in [5.74, 6) is 1.66. The summed E-state index contributed by atoms with van der Waals surface area (Å²) in [5.41, 5.74) is 2.27. The molecule has 1 fully saturated rings. The Morgan fingerprint density at radius 3 is 2.53 bits per heavy atom. The first kappa shape index (κ1) is 14.1. The van der Waals surface area contributed by atoms with E-state index in [2.05, 4.69) is 37.9 Å². The molecule has 1 aromatic rings. The summed E-state index contributed by atoms with van der Waals surface area (Å²) in [6, 6.07) is 6.11. The highest BCUT2D eigenvalue weighted by molar-refractivity contribution is 5.25. The Balaban J connectivity index is 1.91. The van der Waals surface area contributed by atoms with Crippen molar-refractivity contribution in [2.24, 2.45) is 17.3 Å². The van der Waals surface area contributed by atoms with E-state index >= 15 is 0 Å². The number of hydrogen-bond acceptors (Lipinski definition) is 2. The van der Waals surface area contributed by atoms with Crippen LogP contribution in [0, 0.1) is 28.6 Å². The van der Waals surface area contributed by atoms with Crippen molar-refractivity contribution in [1.82, 2.24) is 4.98 Å². The van der Waals surface area contributed by atoms with Crippen LogP contribution in [-0.2, 0) is 6.42 Å². The Labute approximate surface area is 116 Å². The zero-order valence-electron chi connectivity index (χ0n) is 12.3. The number of aromatic nitrogens is 1. The smallest absolute Gasteiger partial charge is 0.140 e. The molecule has 0 spiro atoms. The number of nitriles is 1. The van der Waals surface area contributed by atoms with Gasteiger partial charge in [-0.25, -0.2) is 4.98 Å². The van der Waals surface area contributed by atoms with E-state index in [1.54, 1.807) is 6.20 Å². The van der Waals surface area contributed by atoms with Gasteiger partial charge in [-0.1, -0.05) is 20.8 Å². The molecule has 0 radical (unpaired) electrons. The van der Waals surface area contributed by atoms with Crippen LogP contribution < -0.4 is 0 Å². The molecule has 0 amide bonds. The zero-order chi connectivity index (χ0) is 13.9. The van der Waals surface area contributed by atoms with Gasteiger partial charge in [0, 0.05) is 6.20 Å². The Kier molecular flexibility index (Phi) is 4.24. The summed E-state index contributed by atoms with van der Waals surface area (Å²) in [4.78, 5) is 4.03. The van der Waals surface area contributed by atoms with Gasteiger partial charge in [-0.15, -0.1) is 0 Å². The van der Waals surface area contributed by atoms with Crippen molar-refractivity contribution in [3.8, 4) is 6.07 Å². The molecule has 2 nitrogen and oxygen atoms in total. The van der Waals surface area contributed by atoms with Crippen LogP contribution in [0.3, 0.4) is 0 Å². The van der Waals surface area contributed by atoms with E-state index in [4.69, 9.17) is 5.26 Å². The first-order valence-electron chi connectivity index (χ1n) is 7.34. The second-order valence-corrected chi connectivity index (χ2v) is 6.95. The van der Waals surface area contributed by atoms with Gasteiger partial charge < -0.3 is 0 Å². The molecular weight excluding hydrogens is 232 g/mol. The molecule has 19 heavy (non-hydrogen) atoms. The molecule has 0 bridgehead atoms. The fourth-order valence-corrected chi connectivity index (χ4v) is 3.23. The number of nitrogens with zero attached hydrogens (tertiary/aromatic N) is 2. The van der Waals surface area contributed by atoms with Crippen molar-refractivity contribution >= 4 is 0 Å². The predicted octanol–water partition coefficient (Wildman–Crippen LogP) is 4.35. The molecule has 0 N–H and O–H groups in total. The van der Waals surface area contributed by atoms with Crippen molar-refractivity contribution in [3.63, 3.8) is 0 Å². The molecule has 102 valence electrons. The minimum Gasteiger partial charge on any atom is -0.246 e. The molecule has 2 heteroatoms. The van der Waals surface area contributed by atoms with Gasteiger partial charge in [-0.3, -0.25) is 0 Å². The number of rotatable bonds is 2. The van der Waals surface area contributed by atoms with Crippen molar-refractivity contribution in [1.29, 1.82) is 5.26 Å². The predicted molar refractivity (Wildman–Crippen MR) is 77.6 cm³/mol. The van der Waals surface area contributed by atoms with Crippen LogP contribution in [0.2, 0.25) is 0 Å². The first-order chi connectivity index (χ1) is 8.99. The maximum Gasteiger partial charge on any atom is 0.140 e. The van der Waals surface area contributed by atoms with Crippen LogP contribution in [0.15, 0.2) is 18.3 Å². The molecule has 1 saturated carbocycles. The van der Waals surface area contributed by atoms with Crippen LogP contribution >= 0.6 is 0 Å². The highest BCUT2D eigenvalue weighted by Crippen LogP contribution is 2.40. The number of pyridine rings is 1. The standard InChI is InChI=1S/C17H24N2/c1-17(2,3)15-6-4-13(5-7-15)10-14-8-9-19-16(11-14)12-18/h8-9,11,13,15H,4-7,10H2,1-3H3. The average Bonchev–Trinajstić information content (AvgIpc) is 2.38. The molecule has 1 aromatic heterocycles. The van der Waals surface area contributed by atoms with Gasteiger partial charge in [0.15, 0.2) is 0 Å². The lowest BCUT2D eigenvalue weighted by molar-refractivity contribution is 0.150. The summed E-state index contributed by atoms with van der Waals surface area (Å²) in [5, 5.41) is 8.88. The highest BCUT2D eigenvalue weighted by atomic mass is 14.7. The van der Waals surface area contributed by atoms with Crippen molar-refractivity contribution in [2.45, 2.75) is 52.9 Å². The monoisotopic (exact) mass is 256 g/mol. The van der Waals surface area contributed by atoms with Crippen molar-refractivity contribution in [3.05, 3.63) is 29.6 Å². The molecular formula is C17H24N2. The third kappa shape index (κ3) is 3.80. The van der Waals surface area contributed by atoms with Gasteiger partial charge in [-0.05, 0) is 67.1 Å². The van der Waals surface area contributed by atoms with Gasteiger partial charge in [0.1, 0.15) is 11.8 Å². The second kappa shape index (κ2) is 5.74. The van der Waals surface area contributed by atoms with E-state index in [1.807, 2.05) is 6.07 Å². The van der Waals surface area contributed by atoms with Gasteiger partial charge in [0.2, 0.25) is 0 Å². The van der Waals surface area contributed by atoms with E-state index in [-0.39, 0.29) is 0 Å². The second-order valence-electron chi connectivity index (χ2n) is 6.95. The summed E-state index contributed by atoms with van der Waals surface area (Å²) in [6.07, 6.45) is 8.22. The molecule has 1 aliphatic carbocycles. The Morgan fingerprint density at radius 2 is 1.95 bits per heavy atom. The summed E-state index contributed by atoms with van der Waals surface area (Å²) < 4.78 is 0. The molecule has 0 aliphatic heterocycles. The van der Waals surface area contributed by atoms with Crippen molar-refractivity contribution in [2.75, 3.05) is 0 Å². The van der Waals surface area contributed by atoms with Crippen LogP contribution in [0.25, 0.3) is 0 Å². The fourth-order valence-electron chi connectivity index (χ4n) is 3.23. The zero-order valence-corrected chi connectivity index (χ0v) is 12.3. The lowest BCUT2D eigenvalue weighted by Gasteiger charge is -2.37. The highest BCUT2D eigenvalue weighted by Gasteiger charge is 2.29. The van der Waals surface area contributed by atoms with Crippen LogP contribution in [0.1, 0.15) is 57.7 Å².